The maximum atomic E-state index is 12.4. The van der Waals surface area contributed by atoms with Crippen molar-refractivity contribution in [3.63, 3.8) is 0 Å². The van der Waals surface area contributed by atoms with Crippen molar-refractivity contribution in [3.8, 4) is 0 Å². The summed E-state index contributed by atoms with van der Waals surface area (Å²) in [5.74, 6) is 0.847. The maximum Gasteiger partial charge on any atom is 0.242 e. The Hall–Kier alpha value is -1.93. The molecule has 0 saturated heterocycles. The molecule has 1 amide bonds. The lowest BCUT2D eigenvalue weighted by atomic mass is 10.1. The smallest absolute Gasteiger partial charge is 0.242 e. The number of carbonyl (C=O) groups is 1. The van der Waals surface area contributed by atoms with Gasteiger partial charge in [-0.3, -0.25) is 4.79 Å². The Balaban J connectivity index is 1.90. The van der Waals surface area contributed by atoms with Crippen LogP contribution in [0.5, 0.6) is 0 Å². The Labute approximate surface area is 187 Å². The van der Waals surface area contributed by atoms with E-state index >= 15 is 0 Å². The molecule has 0 saturated carbocycles. The van der Waals surface area contributed by atoms with E-state index in [4.69, 9.17) is 0 Å². The van der Waals surface area contributed by atoms with Gasteiger partial charge in [-0.1, -0.05) is 45.4 Å². The van der Waals surface area contributed by atoms with Gasteiger partial charge < -0.3 is 9.88 Å². The number of hydrogen-bond acceptors (Lipinski definition) is 4. The van der Waals surface area contributed by atoms with E-state index in [0.717, 1.165) is 30.7 Å². The number of nitrogens with zero attached hydrogens (tertiary/aromatic N) is 3. The minimum absolute atomic E-state index is 0.0385. The molecular weight excluding hydrogens is 412 g/mol. The van der Waals surface area contributed by atoms with Gasteiger partial charge in [-0.2, -0.15) is 0 Å². The van der Waals surface area contributed by atoms with Crippen LogP contribution in [0.4, 0.5) is 0 Å². The van der Waals surface area contributed by atoms with Crippen molar-refractivity contribution in [2.45, 2.75) is 83.1 Å². The van der Waals surface area contributed by atoms with E-state index in [1.807, 2.05) is 11.5 Å². The molecule has 1 N–H and O–H groups in total. The highest BCUT2D eigenvalue weighted by molar-refractivity contribution is 7.89. The number of fused-ring (bicyclic) bond motifs is 1. The average molecular weight is 451 g/mol. The van der Waals surface area contributed by atoms with E-state index in [2.05, 4.69) is 17.2 Å². The lowest BCUT2D eigenvalue weighted by Gasteiger charge is -2.11. The lowest BCUT2D eigenvalue weighted by Crippen LogP contribution is -2.25. The number of aryl methyl sites for hydroxylation is 2. The SMILES string of the molecule is CCCCCCCCCNC(=O)CCc1nc2cc(S(=O)(=O)N(C)C)ccc2n1CC. The fraction of sp³-hybridized carbons (Fsp3) is 0.652. The van der Waals surface area contributed by atoms with Crippen molar-refractivity contribution in [2.75, 3.05) is 20.6 Å². The molecular formula is C23H38N4O3S. The normalized spacial score (nSPS) is 12.0. The van der Waals surface area contributed by atoms with Crippen LogP contribution in [-0.4, -0.2) is 48.8 Å². The van der Waals surface area contributed by atoms with E-state index < -0.39 is 10.0 Å². The Morgan fingerprint density at radius 2 is 1.74 bits per heavy atom. The van der Waals surface area contributed by atoms with Crippen molar-refractivity contribution in [3.05, 3.63) is 24.0 Å². The molecule has 0 radical (unpaired) electrons. The molecule has 7 nitrogen and oxygen atoms in total. The highest BCUT2D eigenvalue weighted by Crippen LogP contribution is 2.22. The molecule has 8 heteroatoms. The van der Waals surface area contributed by atoms with Crippen LogP contribution in [0.2, 0.25) is 0 Å². The van der Waals surface area contributed by atoms with Crippen LogP contribution in [-0.2, 0) is 27.8 Å². The topological polar surface area (TPSA) is 84.3 Å². The molecule has 0 aliphatic heterocycles. The van der Waals surface area contributed by atoms with Crippen LogP contribution < -0.4 is 5.32 Å². The number of carbonyl (C=O) groups excluding carboxylic acids is 1. The first-order valence-corrected chi connectivity index (χ1v) is 12.9. The molecule has 0 unspecified atom stereocenters. The molecule has 2 aromatic rings. The summed E-state index contributed by atoms with van der Waals surface area (Å²) in [6.07, 6.45) is 9.49. The first-order valence-electron chi connectivity index (χ1n) is 11.5. The number of unbranched alkanes of at least 4 members (excludes halogenated alkanes) is 6. The Bertz CT molecular complexity index is 951. The second kappa shape index (κ2) is 12.2. The monoisotopic (exact) mass is 450 g/mol. The van der Waals surface area contributed by atoms with Gasteiger partial charge in [-0.05, 0) is 31.5 Å². The van der Waals surface area contributed by atoms with Gasteiger partial charge in [0.1, 0.15) is 5.82 Å². The Morgan fingerprint density at radius 3 is 2.39 bits per heavy atom. The molecule has 1 heterocycles. The van der Waals surface area contributed by atoms with Gasteiger partial charge in [0, 0.05) is 40.0 Å². The Morgan fingerprint density at radius 1 is 1.06 bits per heavy atom. The van der Waals surface area contributed by atoms with E-state index in [0.29, 0.717) is 24.9 Å². The number of nitrogens with one attached hydrogen (secondary N) is 1. The number of hydrogen-bond donors (Lipinski definition) is 1. The molecule has 0 fully saturated rings. The summed E-state index contributed by atoms with van der Waals surface area (Å²) in [5.41, 5.74) is 1.53. The number of amides is 1. The molecule has 0 spiro atoms. The van der Waals surface area contributed by atoms with Gasteiger partial charge in [0.05, 0.1) is 15.9 Å². The first kappa shape index (κ1) is 25.3. The van der Waals surface area contributed by atoms with Crippen molar-refractivity contribution < 1.29 is 13.2 Å². The molecule has 0 aliphatic rings. The standard InChI is InChI=1S/C23H38N4O3S/c1-5-7-8-9-10-11-12-17-24-23(28)16-15-22-25-20-18-19(31(29,30)26(3)4)13-14-21(20)27(22)6-2/h13-14,18H,5-12,15-17H2,1-4H3,(H,24,28). The molecule has 1 aromatic heterocycles. The van der Waals surface area contributed by atoms with Crippen molar-refractivity contribution in [2.24, 2.45) is 0 Å². The van der Waals surface area contributed by atoms with E-state index in [9.17, 15) is 13.2 Å². The van der Waals surface area contributed by atoms with Gasteiger partial charge in [0.15, 0.2) is 0 Å². The number of sulfonamides is 1. The summed E-state index contributed by atoms with van der Waals surface area (Å²) in [6.45, 7) is 5.68. The van der Waals surface area contributed by atoms with Crippen LogP contribution in [0, 0.1) is 0 Å². The summed E-state index contributed by atoms with van der Waals surface area (Å²) in [4.78, 5) is 17.1. The van der Waals surface area contributed by atoms with Gasteiger partial charge >= 0.3 is 0 Å². The molecule has 0 atom stereocenters. The number of aromatic nitrogens is 2. The second-order valence-electron chi connectivity index (χ2n) is 8.18. The minimum Gasteiger partial charge on any atom is -0.356 e. The van der Waals surface area contributed by atoms with Gasteiger partial charge in [0.25, 0.3) is 0 Å². The van der Waals surface area contributed by atoms with Gasteiger partial charge in [-0.25, -0.2) is 17.7 Å². The molecule has 1 aromatic carbocycles. The van der Waals surface area contributed by atoms with Crippen molar-refractivity contribution in [1.82, 2.24) is 19.2 Å². The molecule has 0 aliphatic carbocycles. The number of imidazole rings is 1. The van der Waals surface area contributed by atoms with Crippen molar-refractivity contribution in [1.29, 1.82) is 0 Å². The summed E-state index contributed by atoms with van der Waals surface area (Å²) in [6, 6.07) is 5.03. The summed E-state index contributed by atoms with van der Waals surface area (Å²) in [7, 11) is -0.477. The molecule has 0 bridgehead atoms. The maximum absolute atomic E-state index is 12.4. The Kier molecular flexibility index (Phi) is 9.96. The van der Waals surface area contributed by atoms with Crippen LogP contribution in [0.15, 0.2) is 23.1 Å². The fourth-order valence-electron chi connectivity index (χ4n) is 3.70. The summed E-state index contributed by atoms with van der Waals surface area (Å²) >= 11 is 0. The highest BCUT2D eigenvalue weighted by Gasteiger charge is 2.19. The molecule has 174 valence electrons. The number of benzene rings is 1. The van der Waals surface area contributed by atoms with Crippen LogP contribution in [0.1, 0.15) is 71.0 Å². The molecule has 2 rings (SSSR count). The van der Waals surface area contributed by atoms with Gasteiger partial charge in [0.2, 0.25) is 15.9 Å². The van der Waals surface area contributed by atoms with E-state index in [1.165, 1.54) is 50.5 Å². The predicted molar refractivity (Wildman–Crippen MR) is 126 cm³/mol. The lowest BCUT2D eigenvalue weighted by molar-refractivity contribution is -0.121. The first-order chi connectivity index (χ1) is 14.8. The average Bonchev–Trinajstić information content (AvgIpc) is 3.10. The molecule has 31 heavy (non-hydrogen) atoms. The summed E-state index contributed by atoms with van der Waals surface area (Å²) in [5, 5.41) is 3.01. The fourth-order valence-corrected chi connectivity index (χ4v) is 4.62. The van der Waals surface area contributed by atoms with Crippen molar-refractivity contribution >= 4 is 27.0 Å². The van der Waals surface area contributed by atoms with Crippen LogP contribution >= 0.6 is 0 Å². The van der Waals surface area contributed by atoms with Gasteiger partial charge in [-0.15, -0.1) is 0 Å². The second-order valence-corrected chi connectivity index (χ2v) is 10.3. The van der Waals surface area contributed by atoms with Crippen LogP contribution in [0.3, 0.4) is 0 Å². The van der Waals surface area contributed by atoms with E-state index in [-0.39, 0.29) is 10.8 Å². The highest BCUT2D eigenvalue weighted by atomic mass is 32.2. The number of rotatable bonds is 14. The van der Waals surface area contributed by atoms with Crippen LogP contribution in [0.25, 0.3) is 11.0 Å². The summed E-state index contributed by atoms with van der Waals surface area (Å²) < 4.78 is 28.0. The zero-order chi connectivity index (χ0) is 22.9. The third-order valence-corrected chi connectivity index (χ3v) is 7.38. The zero-order valence-corrected chi connectivity index (χ0v) is 20.3. The zero-order valence-electron chi connectivity index (χ0n) is 19.5. The quantitative estimate of drug-likeness (QED) is 0.439. The largest absolute Gasteiger partial charge is 0.356 e. The predicted octanol–water partition coefficient (Wildman–Crippen LogP) is 4.11. The van der Waals surface area contributed by atoms with E-state index in [1.54, 1.807) is 18.2 Å². The minimum atomic E-state index is -3.51. The third kappa shape index (κ3) is 7.04. The third-order valence-electron chi connectivity index (χ3n) is 5.57.